The molecule has 0 radical (unpaired) electrons. The third kappa shape index (κ3) is 3.21. The first-order valence-corrected chi connectivity index (χ1v) is 8.19. The van der Waals surface area contributed by atoms with Gasteiger partial charge in [0.05, 0.1) is 12.0 Å². The van der Waals surface area contributed by atoms with Gasteiger partial charge in [-0.3, -0.25) is 4.79 Å². The standard InChI is InChI=1S/C17H25N3O3/c1-10-6-12-13(7-17(2,3)8-14(12)23-10)19-16(22)20-5-4-11(9-20)15(18)21/h6,11,13H,4-5,7-9H2,1-3H3,(H2,18,21)(H,19,22)/t11-,13-/m1/s1. The molecule has 1 saturated heterocycles. The van der Waals surface area contributed by atoms with E-state index >= 15 is 0 Å². The van der Waals surface area contributed by atoms with Gasteiger partial charge in [-0.2, -0.15) is 0 Å². The molecule has 0 spiro atoms. The van der Waals surface area contributed by atoms with Gasteiger partial charge < -0.3 is 20.4 Å². The number of carbonyl (C=O) groups excluding carboxylic acids is 2. The number of rotatable bonds is 2. The predicted molar refractivity (Wildman–Crippen MR) is 85.7 cm³/mol. The van der Waals surface area contributed by atoms with Crippen LogP contribution in [0.1, 0.15) is 49.8 Å². The topological polar surface area (TPSA) is 88.6 Å². The van der Waals surface area contributed by atoms with Crippen molar-refractivity contribution >= 4 is 11.9 Å². The molecule has 0 unspecified atom stereocenters. The third-order valence-electron chi connectivity index (χ3n) is 4.91. The van der Waals surface area contributed by atoms with Crippen molar-refractivity contribution in [2.45, 2.75) is 46.1 Å². The van der Waals surface area contributed by atoms with Gasteiger partial charge in [0, 0.05) is 25.1 Å². The second-order valence-electron chi connectivity index (χ2n) is 7.62. The van der Waals surface area contributed by atoms with E-state index in [-0.39, 0.29) is 29.3 Å². The number of nitrogens with two attached hydrogens (primary N) is 1. The Bertz CT molecular complexity index is 635. The number of amides is 3. The van der Waals surface area contributed by atoms with Crippen LogP contribution in [0.15, 0.2) is 10.5 Å². The van der Waals surface area contributed by atoms with Gasteiger partial charge in [0.1, 0.15) is 11.5 Å². The number of urea groups is 1. The Balaban J connectivity index is 1.72. The van der Waals surface area contributed by atoms with Crippen LogP contribution in [-0.4, -0.2) is 29.9 Å². The van der Waals surface area contributed by atoms with Crippen molar-refractivity contribution in [3.63, 3.8) is 0 Å². The van der Waals surface area contributed by atoms with E-state index in [1.165, 1.54) is 0 Å². The smallest absolute Gasteiger partial charge is 0.317 e. The lowest BCUT2D eigenvalue weighted by Crippen LogP contribution is -2.43. The van der Waals surface area contributed by atoms with Gasteiger partial charge in [0.15, 0.2) is 0 Å². The van der Waals surface area contributed by atoms with Crippen LogP contribution in [0.4, 0.5) is 4.79 Å². The van der Waals surface area contributed by atoms with E-state index in [0.717, 1.165) is 29.9 Å². The van der Waals surface area contributed by atoms with Gasteiger partial charge in [-0.1, -0.05) is 13.8 Å². The summed E-state index contributed by atoms with van der Waals surface area (Å²) in [5.41, 5.74) is 6.50. The van der Waals surface area contributed by atoms with Crippen LogP contribution in [0.25, 0.3) is 0 Å². The fraction of sp³-hybridized carbons (Fsp3) is 0.647. The van der Waals surface area contributed by atoms with Crippen molar-refractivity contribution in [2.24, 2.45) is 17.1 Å². The average molecular weight is 319 g/mol. The Morgan fingerprint density at radius 2 is 2.17 bits per heavy atom. The Kier molecular flexibility index (Phi) is 3.86. The number of hydrogen-bond donors (Lipinski definition) is 2. The molecular weight excluding hydrogens is 294 g/mol. The number of likely N-dealkylation sites (tertiary alicyclic amines) is 1. The molecule has 23 heavy (non-hydrogen) atoms. The van der Waals surface area contributed by atoms with Crippen molar-refractivity contribution in [3.8, 4) is 0 Å². The zero-order valence-corrected chi connectivity index (χ0v) is 14.0. The lowest BCUT2D eigenvalue weighted by molar-refractivity contribution is -0.121. The molecular formula is C17H25N3O3. The largest absolute Gasteiger partial charge is 0.466 e. The Hall–Kier alpha value is -1.98. The summed E-state index contributed by atoms with van der Waals surface area (Å²) in [5.74, 6) is 1.30. The molecule has 6 nitrogen and oxygen atoms in total. The molecule has 1 aromatic heterocycles. The third-order valence-corrected chi connectivity index (χ3v) is 4.91. The molecule has 2 heterocycles. The van der Waals surface area contributed by atoms with Crippen LogP contribution >= 0.6 is 0 Å². The quantitative estimate of drug-likeness (QED) is 0.875. The Labute approximate surface area is 136 Å². The molecule has 3 rings (SSSR count). The van der Waals surface area contributed by atoms with Gasteiger partial charge in [-0.15, -0.1) is 0 Å². The highest BCUT2D eigenvalue weighted by Gasteiger charge is 2.37. The van der Waals surface area contributed by atoms with Gasteiger partial charge in [0.25, 0.3) is 0 Å². The first kappa shape index (κ1) is 15.9. The van der Waals surface area contributed by atoms with E-state index in [0.29, 0.717) is 19.5 Å². The molecule has 6 heteroatoms. The van der Waals surface area contributed by atoms with Crippen LogP contribution in [0.5, 0.6) is 0 Å². The first-order valence-electron chi connectivity index (χ1n) is 8.19. The minimum absolute atomic E-state index is 0.0497. The fourth-order valence-electron chi connectivity index (χ4n) is 3.73. The van der Waals surface area contributed by atoms with Crippen LogP contribution in [-0.2, 0) is 11.2 Å². The molecule has 1 fully saturated rings. The summed E-state index contributed by atoms with van der Waals surface area (Å²) in [6.07, 6.45) is 2.41. The van der Waals surface area contributed by atoms with Crippen LogP contribution in [0.3, 0.4) is 0 Å². The van der Waals surface area contributed by atoms with Crippen molar-refractivity contribution in [1.29, 1.82) is 0 Å². The molecule has 2 aliphatic rings. The summed E-state index contributed by atoms with van der Waals surface area (Å²) in [5, 5.41) is 3.12. The van der Waals surface area contributed by atoms with Gasteiger partial charge in [-0.25, -0.2) is 4.79 Å². The van der Waals surface area contributed by atoms with Gasteiger partial charge in [0.2, 0.25) is 5.91 Å². The highest BCUT2D eigenvalue weighted by atomic mass is 16.3. The fourth-order valence-corrected chi connectivity index (χ4v) is 3.73. The molecule has 0 bridgehead atoms. The van der Waals surface area contributed by atoms with Crippen molar-refractivity contribution in [3.05, 3.63) is 23.2 Å². The minimum atomic E-state index is -0.327. The summed E-state index contributed by atoms with van der Waals surface area (Å²) in [4.78, 5) is 25.5. The average Bonchev–Trinajstić information content (AvgIpc) is 3.03. The van der Waals surface area contributed by atoms with Crippen LogP contribution < -0.4 is 11.1 Å². The maximum Gasteiger partial charge on any atom is 0.317 e. The van der Waals surface area contributed by atoms with E-state index < -0.39 is 0 Å². The number of nitrogens with zero attached hydrogens (tertiary/aromatic N) is 1. The van der Waals surface area contributed by atoms with E-state index in [1.54, 1.807) is 4.90 Å². The Morgan fingerprint density at radius 1 is 1.43 bits per heavy atom. The summed E-state index contributed by atoms with van der Waals surface area (Å²) < 4.78 is 5.80. The molecule has 1 aromatic rings. The molecule has 3 N–H and O–H groups in total. The van der Waals surface area contributed by atoms with Crippen LogP contribution in [0, 0.1) is 18.3 Å². The molecule has 3 amide bonds. The number of hydrogen-bond acceptors (Lipinski definition) is 3. The van der Waals surface area contributed by atoms with Crippen molar-refractivity contribution in [2.75, 3.05) is 13.1 Å². The molecule has 0 saturated carbocycles. The lowest BCUT2D eigenvalue weighted by atomic mass is 9.75. The normalized spacial score (nSPS) is 26.0. The van der Waals surface area contributed by atoms with Gasteiger partial charge in [-0.05, 0) is 31.2 Å². The number of primary amides is 1. The van der Waals surface area contributed by atoms with Crippen molar-refractivity contribution < 1.29 is 14.0 Å². The number of furan rings is 1. The highest BCUT2D eigenvalue weighted by molar-refractivity contribution is 5.80. The maximum atomic E-state index is 12.5. The number of nitrogens with one attached hydrogen (secondary N) is 1. The summed E-state index contributed by atoms with van der Waals surface area (Å²) >= 11 is 0. The Morgan fingerprint density at radius 3 is 2.83 bits per heavy atom. The summed E-state index contributed by atoms with van der Waals surface area (Å²) in [7, 11) is 0. The predicted octanol–water partition coefficient (Wildman–Crippen LogP) is 2.12. The van der Waals surface area contributed by atoms with E-state index in [1.807, 2.05) is 13.0 Å². The molecule has 126 valence electrons. The number of carbonyl (C=O) groups is 2. The maximum absolute atomic E-state index is 12.5. The van der Waals surface area contributed by atoms with Gasteiger partial charge >= 0.3 is 6.03 Å². The first-order chi connectivity index (χ1) is 10.7. The summed E-state index contributed by atoms with van der Waals surface area (Å²) in [6, 6.07) is 1.85. The van der Waals surface area contributed by atoms with E-state index in [2.05, 4.69) is 19.2 Å². The molecule has 0 aromatic carbocycles. The zero-order valence-electron chi connectivity index (χ0n) is 14.0. The monoisotopic (exact) mass is 319 g/mol. The summed E-state index contributed by atoms with van der Waals surface area (Å²) in [6.45, 7) is 7.29. The molecule has 2 atom stereocenters. The number of aryl methyl sites for hydroxylation is 1. The molecule has 1 aliphatic heterocycles. The lowest BCUT2D eigenvalue weighted by Gasteiger charge is -2.35. The second kappa shape index (κ2) is 5.58. The minimum Gasteiger partial charge on any atom is -0.466 e. The SMILES string of the molecule is Cc1cc2c(o1)CC(C)(C)C[C@H]2NC(=O)N1CC[C@@H](C(N)=O)C1. The van der Waals surface area contributed by atoms with E-state index in [9.17, 15) is 9.59 Å². The van der Waals surface area contributed by atoms with E-state index in [4.69, 9.17) is 10.2 Å². The second-order valence-corrected chi connectivity index (χ2v) is 7.62. The highest BCUT2D eigenvalue weighted by Crippen LogP contribution is 2.42. The van der Waals surface area contributed by atoms with Crippen LogP contribution in [0.2, 0.25) is 0 Å². The molecule has 1 aliphatic carbocycles. The number of fused-ring (bicyclic) bond motifs is 1. The zero-order chi connectivity index (χ0) is 16.8. The van der Waals surface area contributed by atoms with Crippen molar-refractivity contribution in [1.82, 2.24) is 10.2 Å².